The van der Waals surface area contributed by atoms with Crippen LogP contribution in [-0.4, -0.2) is 38.1 Å². The Morgan fingerprint density at radius 1 is 1.24 bits per heavy atom. The SMILES string of the molecule is COC(=O)[C@@H]1O[C@@](C)(C(F)(F)F)[C@@H](C)[C@H]1c1ccc(F)c(F)c1OC. The van der Waals surface area contributed by atoms with Crippen molar-refractivity contribution in [1.82, 2.24) is 0 Å². The van der Waals surface area contributed by atoms with Crippen molar-refractivity contribution < 1.29 is 41.0 Å². The fourth-order valence-electron chi connectivity index (χ4n) is 3.13. The van der Waals surface area contributed by atoms with Gasteiger partial charge in [0, 0.05) is 17.4 Å². The third-order valence-electron chi connectivity index (χ3n) is 4.75. The number of halogens is 5. The van der Waals surface area contributed by atoms with Crippen LogP contribution in [-0.2, 0) is 14.3 Å². The van der Waals surface area contributed by atoms with Crippen LogP contribution in [0, 0.1) is 17.6 Å². The highest BCUT2D eigenvalue weighted by molar-refractivity contribution is 5.77. The Morgan fingerprint density at radius 3 is 2.32 bits per heavy atom. The molecule has 0 radical (unpaired) electrons. The molecule has 0 N–H and O–H groups in total. The summed E-state index contributed by atoms with van der Waals surface area (Å²) in [6.45, 7) is 2.03. The average Bonchev–Trinajstić information content (AvgIpc) is 2.82. The fraction of sp³-hybridized carbons (Fsp3) is 0.562. The lowest BCUT2D eigenvalue weighted by Crippen LogP contribution is -2.47. The van der Waals surface area contributed by atoms with E-state index >= 15 is 0 Å². The lowest BCUT2D eigenvalue weighted by molar-refractivity contribution is -0.274. The summed E-state index contributed by atoms with van der Waals surface area (Å²) in [5.74, 6) is -6.73. The molecule has 1 aromatic rings. The lowest BCUT2D eigenvalue weighted by atomic mass is 9.77. The van der Waals surface area contributed by atoms with E-state index in [1.165, 1.54) is 6.92 Å². The second-order valence-corrected chi connectivity index (χ2v) is 5.96. The number of carbonyl (C=O) groups is 1. The second kappa shape index (κ2) is 6.44. The molecule has 0 unspecified atom stereocenters. The molecule has 1 aliphatic rings. The fourth-order valence-corrected chi connectivity index (χ4v) is 3.13. The van der Waals surface area contributed by atoms with Crippen molar-refractivity contribution in [3.8, 4) is 5.75 Å². The van der Waals surface area contributed by atoms with Gasteiger partial charge < -0.3 is 14.2 Å². The highest BCUT2D eigenvalue weighted by Gasteiger charge is 2.66. The van der Waals surface area contributed by atoms with E-state index in [1.54, 1.807) is 0 Å². The van der Waals surface area contributed by atoms with E-state index < -0.39 is 53.1 Å². The zero-order valence-corrected chi connectivity index (χ0v) is 13.9. The van der Waals surface area contributed by atoms with Crippen molar-refractivity contribution >= 4 is 5.97 Å². The van der Waals surface area contributed by atoms with Crippen molar-refractivity contribution in [2.45, 2.75) is 37.6 Å². The monoisotopic (exact) mass is 368 g/mol. The molecule has 0 bridgehead atoms. The molecular weight excluding hydrogens is 351 g/mol. The van der Waals surface area contributed by atoms with Gasteiger partial charge in [0.1, 0.15) is 0 Å². The van der Waals surface area contributed by atoms with E-state index in [0.717, 1.165) is 33.3 Å². The van der Waals surface area contributed by atoms with Crippen LogP contribution in [0.25, 0.3) is 0 Å². The van der Waals surface area contributed by atoms with Gasteiger partial charge in [0.25, 0.3) is 0 Å². The lowest BCUT2D eigenvalue weighted by Gasteiger charge is -2.31. The maximum absolute atomic E-state index is 14.0. The summed E-state index contributed by atoms with van der Waals surface area (Å²) >= 11 is 0. The Morgan fingerprint density at radius 2 is 1.84 bits per heavy atom. The quantitative estimate of drug-likeness (QED) is 0.604. The maximum Gasteiger partial charge on any atom is 0.417 e. The molecule has 1 aliphatic heterocycles. The summed E-state index contributed by atoms with van der Waals surface area (Å²) in [5.41, 5.74) is -2.77. The number of alkyl halides is 3. The minimum Gasteiger partial charge on any atom is -0.493 e. The summed E-state index contributed by atoms with van der Waals surface area (Å²) < 4.78 is 82.4. The topological polar surface area (TPSA) is 44.8 Å². The van der Waals surface area contributed by atoms with Crippen LogP contribution in [0.3, 0.4) is 0 Å². The number of benzene rings is 1. The molecule has 25 heavy (non-hydrogen) atoms. The van der Waals surface area contributed by atoms with Gasteiger partial charge in [-0.2, -0.15) is 17.6 Å². The molecule has 0 amide bonds. The Kier molecular flexibility index (Phi) is 5.00. The molecule has 4 atom stereocenters. The van der Waals surface area contributed by atoms with Crippen LogP contribution in [0.5, 0.6) is 5.75 Å². The van der Waals surface area contributed by atoms with Gasteiger partial charge in [0.2, 0.25) is 5.82 Å². The molecule has 9 heteroatoms. The maximum atomic E-state index is 14.0. The molecule has 4 nitrogen and oxygen atoms in total. The second-order valence-electron chi connectivity index (χ2n) is 5.96. The van der Waals surface area contributed by atoms with Crippen LogP contribution in [0.1, 0.15) is 25.3 Å². The van der Waals surface area contributed by atoms with Crippen LogP contribution < -0.4 is 4.74 Å². The number of hydrogen-bond acceptors (Lipinski definition) is 4. The van der Waals surface area contributed by atoms with Crippen molar-refractivity contribution in [2.75, 3.05) is 14.2 Å². The zero-order chi connectivity index (χ0) is 19.2. The Labute approximate surface area is 140 Å². The Balaban J connectivity index is 2.65. The van der Waals surface area contributed by atoms with Crippen molar-refractivity contribution in [3.05, 3.63) is 29.3 Å². The van der Waals surface area contributed by atoms with E-state index in [1.807, 2.05) is 0 Å². The number of hydrogen-bond donors (Lipinski definition) is 0. The normalized spacial score (nSPS) is 29.6. The summed E-state index contributed by atoms with van der Waals surface area (Å²) in [5, 5.41) is 0. The minimum atomic E-state index is -4.79. The molecule has 1 aromatic carbocycles. The van der Waals surface area contributed by atoms with Gasteiger partial charge in [0.05, 0.1) is 14.2 Å². The largest absolute Gasteiger partial charge is 0.493 e. The first-order chi connectivity index (χ1) is 11.5. The predicted molar refractivity (Wildman–Crippen MR) is 76.2 cm³/mol. The Bertz CT molecular complexity index is 675. The summed E-state index contributed by atoms with van der Waals surface area (Å²) in [7, 11) is 2.05. The van der Waals surface area contributed by atoms with Crippen molar-refractivity contribution in [1.29, 1.82) is 0 Å². The molecule has 140 valence electrons. The van der Waals surface area contributed by atoms with Gasteiger partial charge in [-0.05, 0) is 13.0 Å². The molecule has 2 rings (SSSR count). The predicted octanol–water partition coefficient (Wildman–Crippen LogP) is 3.59. The number of ether oxygens (including phenoxy) is 3. The van der Waals surface area contributed by atoms with Gasteiger partial charge in [-0.1, -0.05) is 13.0 Å². The molecular formula is C16H17F5O4. The number of esters is 1. The van der Waals surface area contributed by atoms with E-state index in [-0.39, 0.29) is 5.56 Å². The third-order valence-corrected chi connectivity index (χ3v) is 4.75. The standard InChI is InChI=1S/C16H17F5O4/c1-7-10(8-5-6-9(17)11(18)12(8)23-3)13(14(22)24-4)25-15(7,2)16(19,20)21/h5-7,10,13H,1-4H3/t7-,10-,13+,15+/m0/s1. The molecule has 1 fully saturated rings. The molecule has 1 saturated heterocycles. The van der Waals surface area contributed by atoms with Gasteiger partial charge in [-0.15, -0.1) is 0 Å². The summed E-state index contributed by atoms with van der Waals surface area (Å²) in [4.78, 5) is 12.0. The van der Waals surface area contributed by atoms with E-state index in [4.69, 9.17) is 9.47 Å². The van der Waals surface area contributed by atoms with Gasteiger partial charge >= 0.3 is 12.1 Å². The summed E-state index contributed by atoms with van der Waals surface area (Å²) in [6, 6.07) is 1.84. The van der Waals surface area contributed by atoms with Crippen LogP contribution >= 0.6 is 0 Å². The molecule has 0 saturated carbocycles. The Hall–Kier alpha value is -1.90. The molecule has 0 spiro atoms. The molecule has 0 aliphatic carbocycles. The van der Waals surface area contributed by atoms with Crippen molar-refractivity contribution in [3.63, 3.8) is 0 Å². The van der Waals surface area contributed by atoms with Crippen LogP contribution in [0.15, 0.2) is 12.1 Å². The number of methoxy groups -OCH3 is 2. The van der Waals surface area contributed by atoms with Crippen molar-refractivity contribution in [2.24, 2.45) is 5.92 Å². The molecule has 0 aromatic heterocycles. The van der Waals surface area contributed by atoms with E-state index in [2.05, 4.69) is 4.74 Å². The number of rotatable bonds is 3. The zero-order valence-electron chi connectivity index (χ0n) is 13.9. The highest BCUT2D eigenvalue weighted by atomic mass is 19.4. The molecule has 1 heterocycles. The first-order valence-corrected chi connectivity index (χ1v) is 7.33. The smallest absolute Gasteiger partial charge is 0.417 e. The van der Waals surface area contributed by atoms with Crippen LogP contribution in [0.4, 0.5) is 22.0 Å². The summed E-state index contributed by atoms with van der Waals surface area (Å²) in [6.07, 6.45) is -6.44. The third kappa shape index (κ3) is 2.94. The average molecular weight is 368 g/mol. The highest BCUT2D eigenvalue weighted by Crippen LogP contribution is 2.54. The van der Waals surface area contributed by atoms with Gasteiger partial charge in [-0.25, -0.2) is 9.18 Å². The first-order valence-electron chi connectivity index (χ1n) is 7.33. The van der Waals surface area contributed by atoms with E-state index in [9.17, 15) is 26.7 Å². The van der Waals surface area contributed by atoms with Gasteiger partial charge in [0.15, 0.2) is 23.3 Å². The van der Waals surface area contributed by atoms with E-state index in [0.29, 0.717) is 0 Å². The first kappa shape index (κ1) is 19.4. The minimum absolute atomic E-state index is 0.0997. The number of carbonyl (C=O) groups excluding carboxylic acids is 1. The van der Waals surface area contributed by atoms with Gasteiger partial charge in [-0.3, -0.25) is 0 Å². The van der Waals surface area contributed by atoms with Crippen LogP contribution in [0.2, 0.25) is 0 Å².